The zero-order valence-electron chi connectivity index (χ0n) is 7.04. The van der Waals surface area contributed by atoms with Crippen molar-refractivity contribution in [1.82, 2.24) is 0 Å². The molecule has 0 aliphatic carbocycles. The molecule has 0 spiro atoms. The molecule has 0 amide bonds. The highest BCUT2D eigenvalue weighted by molar-refractivity contribution is 7.93. The topological polar surface area (TPSA) is 77.2 Å². The molecule has 0 atom stereocenters. The van der Waals surface area contributed by atoms with Crippen LogP contribution in [0.2, 0.25) is 0 Å². The molecule has 4 nitrogen and oxygen atoms in total. The van der Waals surface area contributed by atoms with Gasteiger partial charge in [0.15, 0.2) is 9.84 Å². The van der Waals surface area contributed by atoms with E-state index in [0.717, 1.165) is 0 Å². The largest absolute Gasteiger partial charge is 0.323 e. The molecule has 0 saturated carbocycles. The number of ketones is 1. The molecule has 0 aromatic carbocycles. The molecule has 12 heavy (non-hydrogen) atoms. The van der Waals surface area contributed by atoms with Crippen molar-refractivity contribution in [2.45, 2.75) is 25.3 Å². The summed E-state index contributed by atoms with van der Waals surface area (Å²) in [6, 6.07) is 0. The van der Waals surface area contributed by atoms with Crippen molar-refractivity contribution in [3.63, 3.8) is 0 Å². The second kappa shape index (κ2) is 2.81. The fourth-order valence-electron chi connectivity index (χ4n) is 1.45. The van der Waals surface area contributed by atoms with Crippen LogP contribution in [0.25, 0.3) is 0 Å². The Balaban J connectivity index is 2.51. The SMILES string of the molecule is CCC(=O)CC1(N)CS(=O)(=O)C1. The standard InChI is InChI=1S/C7H13NO3S/c1-2-6(9)3-7(8)4-12(10,11)5-7/h2-5,8H2,1H3. The van der Waals surface area contributed by atoms with Crippen molar-refractivity contribution in [3.05, 3.63) is 0 Å². The third kappa shape index (κ3) is 2.04. The first-order chi connectivity index (χ1) is 5.37. The summed E-state index contributed by atoms with van der Waals surface area (Å²) in [5.41, 5.74) is 4.90. The third-order valence-electron chi connectivity index (χ3n) is 1.96. The summed E-state index contributed by atoms with van der Waals surface area (Å²) in [7, 11) is -2.92. The first-order valence-corrected chi connectivity index (χ1v) is 5.70. The molecule has 0 aromatic rings. The van der Waals surface area contributed by atoms with E-state index in [1.807, 2.05) is 0 Å². The molecular weight excluding hydrogens is 178 g/mol. The van der Waals surface area contributed by atoms with Gasteiger partial charge in [-0.2, -0.15) is 0 Å². The van der Waals surface area contributed by atoms with Gasteiger partial charge in [0.25, 0.3) is 0 Å². The molecular formula is C7H13NO3S. The van der Waals surface area contributed by atoms with Crippen molar-refractivity contribution in [2.75, 3.05) is 11.5 Å². The molecule has 1 saturated heterocycles. The van der Waals surface area contributed by atoms with Gasteiger partial charge in [0.2, 0.25) is 0 Å². The van der Waals surface area contributed by atoms with Gasteiger partial charge in [-0.15, -0.1) is 0 Å². The molecule has 0 radical (unpaired) electrons. The average molecular weight is 191 g/mol. The van der Waals surface area contributed by atoms with Gasteiger partial charge in [0, 0.05) is 12.8 Å². The van der Waals surface area contributed by atoms with Gasteiger partial charge in [-0.3, -0.25) is 4.79 Å². The Kier molecular flexibility index (Phi) is 2.27. The van der Waals surface area contributed by atoms with E-state index >= 15 is 0 Å². The smallest absolute Gasteiger partial charge is 0.154 e. The lowest BCUT2D eigenvalue weighted by atomic mass is 9.97. The summed E-state index contributed by atoms with van der Waals surface area (Å²) in [5.74, 6) is -0.0373. The van der Waals surface area contributed by atoms with E-state index in [1.165, 1.54) is 0 Å². The number of carbonyl (C=O) groups is 1. The zero-order valence-corrected chi connectivity index (χ0v) is 7.86. The van der Waals surface area contributed by atoms with Crippen molar-refractivity contribution in [2.24, 2.45) is 5.73 Å². The fourth-order valence-corrected chi connectivity index (χ4v) is 3.32. The molecule has 2 N–H and O–H groups in total. The van der Waals surface area contributed by atoms with Crippen LogP contribution in [-0.4, -0.2) is 31.2 Å². The van der Waals surface area contributed by atoms with Crippen LogP contribution >= 0.6 is 0 Å². The maximum atomic E-state index is 11.0. The van der Waals surface area contributed by atoms with Crippen molar-refractivity contribution in [1.29, 1.82) is 0 Å². The zero-order chi connectivity index (χ0) is 9.41. The fraction of sp³-hybridized carbons (Fsp3) is 0.857. The molecule has 70 valence electrons. The molecule has 1 rings (SSSR count). The Hall–Kier alpha value is -0.420. The van der Waals surface area contributed by atoms with E-state index in [0.29, 0.717) is 6.42 Å². The summed E-state index contributed by atoms with van der Waals surface area (Å²) in [5, 5.41) is 0. The molecule has 1 fully saturated rings. The Bertz CT molecular complexity index is 282. The van der Waals surface area contributed by atoms with Crippen LogP contribution in [0.4, 0.5) is 0 Å². The van der Waals surface area contributed by atoms with Gasteiger partial charge in [0.05, 0.1) is 17.0 Å². The van der Waals surface area contributed by atoms with Gasteiger partial charge >= 0.3 is 0 Å². The maximum Gasteiger partial charge on any atom is 0.154 e. The quantitative estimate of drug-likeness (QED) is 0.651. The molecule has 0 aromatic heterocycles. The molecule has 5 heteroatoms. The second-order valence-electron chi connectivity index (χ2n) is 3.46. The van der Waals surface area contributed by atoms with Crippen LogP contribution < -0.4 is 5.73 Å². The van der Waals surface area contributed by atoms with Crippen LogP contribution in [0.1, 0.15) is 19.8 Å². The third-order valence-corrected chi connectivity index (χ3v) is 3.99. The Labute approximate surface area is 72.0 Å². The van der Waals surface area contributed by atoms with Crippen molar-refractivity contribution in [3.8, 4) is 0 Å². The highest BCUT2D eigenvalue weighted by Crippen LogP contribution is 2.24. The normalized spacial score (nSPS) is 24.5. The highest BCUT2D eigenvalue weighted by atomic mass is 32.2. The summed E-state index contributed by atoms with van der Waals surface area (Å²) >= 11 is 0. The van der Waals surface area contributed by atoms with Gasteiger partial charge < -0.3 is 5.73 Å². The van der Waals surface area contributed by atoms with Crippen molar-refractivity contribution < 1.29 is 13.2 Å². The predicted molar refractivity (Wildman–Crippen MR) is 45.5 cm³/mol. The Morgan fingerprint density at radius 3 is 2.33 bits per heavy atom. The maximum absolute atomic E-state index is 11.0. The lowest BCUT2D eigenvalue weighted by Gasteiger charge is -2.36. The molecule has 1 aliphatic rings. The predicted octanol–water partition coefficient (Wildman–Crippen LogP) is -0.518. The molecule has 1 heterocycles. The number of Topliss-reactive ketones (excluding diaryl/α,β-unsaturated/α-hetero) is 1. The number of hydrogen-bond donors (Lipinski definition) is 1. The van der Waals surface area contributed by atoms with E-state index in [1.54, 1.807) is 6.92 Å². The minimum atomic E-state index is -2.92. The highest BCUT2D eigenvalue weighted by Gasteiger charge is 2.46. The lowest BCUT2D eigenvalue weighted by molar-refractivity contribution is -0.119. The summed E-state index contributed by atoms with van der Waals surface area (Å²) in [6.07, 6.45) is 0.627. The van der Waals surface area contributed by atoms with Gasteiger partial charge in [0.1, 0.15) is 5.78 Å². The summed E-state index contributed by atoms with van der Waals surface area (Å²) in [6.45, 7) is 1.75. The Morgan fingerprint density at radius 2 is 2.00 bits per heavy atom. The monoisotopic (exact) mass is 191 g/mol. The number of nitrogens with two attached hydrogens (primary N) is 1. The first-order valence-electron chi connectivity index (χ1n) is 3.88. The lowest BCUT2D eigenvalue weighted by Crippen LogP contribution is -2.62. The molecule has 1 aliphatic heterocycles. The minimum Gasteiger partial charge on any atom is -0.323 e. The van der Waals surface area contributed by atoms with Gasteiger partial charge in [-0.25, -0.2) is 8.42 Å². The Morgan fingerprint density at radius 1 is 1.50 bits per heavy atom. The van der Waals surface area contributed by atoms with Gasteiger partial charge in [-0.05, 0) is 0 Å². The van der Waals surface area contributed by atoms with E-state index in [2.05, 4.69) is 0 Å². The van der Waals surface area contributed by atoms with Crippen LogP contribution in [0.3, 0.4) is 0 Å². The minimum absolute atomic E-state index is 0.0346. The second-order valence-corrected chi connectivity index (χ2v) is 5.53. The average Bonchev–Trinajstić information content (AvgIpc) is 1.82. The van der Waals surface area contributed by atoms with Crippen LogP contribution in [0.15, 0.2) is 0 Å². The van der Waals surface area contributed by atoms with Crippen LogP contribution in [0, 0.1) is 0 Å². The van der Waals surface area contributed by atoms with E-state index in [-0.39, 0.29) is 23.7 Å². The molecule has 0 bridgehead atoms. The van der Waals surface area contributed by atoms with Crippen LogP contribution in [-0.2, 0) is 14.6 Å². The number of carbonyl (C=O) groups excluding carboxylic acids is 1. The van der Waals surface area contributed by atoms with Gasteiger partial charge in [-0.1, -0.05) is 6.92 Å². The summed E-state index contributed by atoms with van der Waals surface area (Å²) in [4.78, 5) is 11.0. The number of rotatable bonds is 3. The molecule has 0 unspecified atom stereocenters. The number of sulfone groups is 1. The number of hydrogen-bond acceptors (Lipinski definition) is 4. The van der Waals surface area contributed by atoms with E-state index in [4.69, 9.17) is 5.73 Å². The first kappa shape index (κ1) is 9.67. The van der Waals surface area contributed by atoms with Crippen LogP contribution in [0.5, 0.6) is 0 Å². The van der Waals surface area contributed by atoms with E-state index in [9.17, 15) is 13.2 Å². The van der Waals surface area contributed by atoms with Crippen molar-refractivity contribution >= 4 is 15.6 Å². The van der Waals surface area contributed by atoms with E-state index < -0.39 is 15.4 Å². The summed E-state index contributed by atoms with van der Waals surface area (Å²) < 4.78 is 21.6.